The number of ether oxygens (including phenoxy) is 1. The Morgan fingerprint density at radius 2 is 2.25 bits per heavy atom. The Hall–Kier alpha value is -1.91. The molecule has 1 aromatic rings. The Bertz CT molecular complexity index is 692. The highest BCUT2D eigenvalue weighted by atomic mass is 32.1. The van der Waals surface area contributed by atoms with Crippen LogP contribution < -0.4 is 5.32 Å². The predicted octanol–water partition coefficient (Wildman–Crippen LogP) is 1.93. The highest BCUT2D eigenvalue weighted by Crippen LogP contribution is 2.38. The summed E-state index contributed by atoms with van der Waals surface area (Å²) < 4.78 is 4.99. The molecule has 2 amide bonds. The van der Waals surface area contributed by atoms with Gasteiger partial charge in [0.1, 0.15) is 11.1 Å². The summed E-state index contributed by atoms with van der Waals surface area (Å²) in [6.07, 6.45) is 4.35. The third-order valence-corrected chi connectivity index (χ3v) is 5.88. The number of anilines is 1. The van der Waals surface area contributed by atoms with E-state index < -0.39 is 0 Å². The number of nitriles is 1. The number of carbonyl (C=O) groups is 2. The van der Waals surface area contributed by atoms with Crippen molar-refractivity contribution in [2.24, 2.45) is 5.92 Å². The normalized spacial score (nSPS) is 19.9. The van der Waals surface area contributed by atoms with Gasteiger partial charge in [0.15, 0.2) is 0 Å². The van der Waals surface area contributed by atoms with Crippen molar-refractivity contribution in [1.29, 1.82) is 5.26 Å². The summed E-state index contributed by atoms with van der Waals surface area (Å²) in [4.78, 5) is 27.4. The van der Waals surface area contributed by atoms with Gasteiger partial charge in [-0.3, -0.25) is 9.59 Å². The second kappa shape index (κ2) is 7.32. The maximum absolute atomic E-state index is 12.5. The lowest BCUT2D eigenvalue weighted by Gasteiger charge is -2.15. The fourth-order valence-electron chi connectivity index (χ4n) is 3.35. The molecule has 1 aliphatic heterocycles. The van der Waals surface area contributed by atoms with Crippen LogP contribution in [0.25, 0.3) is 0 Å². The molecule has 1 aliphatic carbocycles. The van der Waals surface area contributed by atoms with Crippen molar-refractivity contribution in [2.75, 3.05) is 32.1 Å². The highest BCUT2D eigenvalue weighted by molar-refractivity contribution is 7.16. The van der Waals surface area contributed by atoms with Gasteiger partial charge in [0, 0.05) is 31.5 Å². The molecule has 6 nitrogen and oxygen atoms in total. The Morgan fingerprint density at radius 1 is 1.46 bits per heavy atom. The zero-order chi connectivity index (χ0) is 17.1. The quantitative estimate of drug-likeness (QED) is 0.882. The largest absolute Gasteiger partial charge is 0.383 e. The number of methoxy groups -OCH3 is 1. The molecule has 1 N–H and O–H groups in total. The summed E-state index contributed by atoms with van der Waals surface area (Å²) in [6.45, 7) is 1.40. The van der Waals surface area contributed by atoms with E-state index in [1.807, 2.05) is 0 Å². The predicted molar refractivity (Wildman–Crippen MR) is 90.9 cm³/mol. The number of amides is 2. The zero-order valence-corrected chi connectivity index (χ0v) is 14.6. The molecule has 0 bridgehead atoms. The van der Waals surface area contributed by atoms with Crippen molar-refractivity contribution in [3.8, 4) is 6.07 Å². The van der Waals surface area contributed by atoms with E-state index in [4.69, 9.17) is 4.74 Å². The van der Waals surface area contributed by atoms with Crippen LogP contribution in [0.15, 0.2) is 0 Å². The first-order valence-electron chi connectivity index (χ1n) is 8.26. The minimum Gasteiger partial charge on any atom is -0.383 e. The molecule has 0 aromatic carbocycles. The molecule has 2 heterocycles. The number of rotatable bonds is 5. The number of nitrogens with one attached hydrogen (secondary N) is 1. The average Bonchev–Trinajstić information content (AvgIpc) is 3.12. The lowest BCUT2D eigenvalue weighted by molar-refractivity contribution is -0.128. The summed E-state index contributed by atoms with van der Waals surface area (Å²) in [7, 11) is 1.59. The summed E-state index contributed by atoms with van der Waals surface area (Å²) in [5.41, 5.74) is 1.72. The Balaban J connectivity index is 1.69. The molecule has 1 fully saturated rings. The number of aryl methyl sites for hydroxylation is 1. The first-order valence-corrected chi connectivity index (χ1v) is 9.08. The minimum atomic E-state index is -0.361. The minimum absolute atomic E-state index is 0.0156. The summed E-state index contributed by atoms with van der Waals surface area (Å²) in [5.74, 6) is -0.545. The van der Waals surface area contributed by atoms with Crippen molar-refractivity contribution in [1.82, 2.24) is 4.90 Å². The van der Waals surface area contributed by atoms with Crippen molar-refractivity contribution in [2.45, 2.75) is 32.1 Å². The number of carbonyl (C=O) groups excluding carboxylic acids is 2. The van der Waals surface area contributed by atoms with Crippen molar-refractivity contribution >= 4 is 28.2 Å². The Kier molecular flexibility index (Phi) is 5.17. The first-order chi connectivity index (χ1) is 11.6. The monoisotopic (exact) mass is 347 g/mol. The third-order valence-electron chi connectivity index (χ3n) is 4.67. The maximum Gasteiger partial charge on any atom is 0.230 e. The molecule has 3 rings (SSSR count). The van der Waals surface area contributed by atoms with Gasteiger partial charge in [-0.1, -0.05) is 0 Å². The van der Waals surface area contributed by atoms with Crippen molar-refractivity contribution in [3.05, 3.63) is 16.0 Å². The molecular formula is C17H21N3O3S. The van der Waals surface area contributed by atoms with E-state index in [0.29, 0.717) is 30.3 Å². The molecule has 2 aliphatic rings. The topological polar surface area (TPSA) is 82.4 Å². The lowest BCUT2D eigenvalue weighted by atomic mass is 9.96. The van der Waals surface area contributed by atoms with Gasteiger partial charge in [0.2, 0.25) is 11.8 Å². The van der Waals surface area contributed by atoms with Gasteiger partial charge in [0.25, 0.3) is 0 Å². The van der Waals surface area contributed by atoms with E-state index >= 15 is 0 Å². The number of likely N-dealkylation sites (tertiary alicyclic amines) is 1. The number of nitrogens with zero attached hydrogens (tertiary/aromatic N) is 2. The van der Waals surface area contributed by atoms with E-state index in [1.165, 1.54) is 16.2 Å². The van der Waals surface area contributed by atoms with E-state index in [0.717, 1.165) is 31.2 Å². The van der Waals surface area contributed by atoms with E-state index in [9.17, 15) is 14.9 Å². The van der Waals surface area contributed by atoms with Crippen LogP contribution in [0.3, 0.4) is 0 Å². The maximum atomic E-state index is 12.5. The third kappa shape index (κ3) is 3.30. The van der Waals surface area contributed by atoms with Gasteiger partial charge in [0.05, 0.1) is 18.1 Å². The van der Waals surface area contributed by atoms with Crippen molar-refractivity contribution in [3.63, 3.8) is 0 Å². The summed E-state index contributed by atoms with van der Waals surface area (Å²) >= 11 is 1.52. The molecule has 0 radical (unpaired) electrons. The number of hydrogen-bond donors (Lipinski definition) is 1. The Labute approximate surface area is 145 Å². The molecule has 24 heavy (non-hydrogen) atoms. The number of thiophene rings is 1. The molecule has 1 saturated heterocycles. The van der Waals surface area contributed by atoms with Crippen LogP contribution in [0.2, 0.25) is 0 Å². The van der Waals surface area contributed by atoms with Crippen LogP contribution in [0.5, 0.6) is 0 Å². The standard InChI is InChI=1S/C17H21N3O3S/c1-23-7-6-20-10-11(8-15(20)21)16(22)19-17-13(9-18)12-4-2-3-5-14(12)24-17/h11H,2-8,10H2,1H3,(H,19,22). The Morgan fingerprint density at radius 3 is 3.00 bits per heavy atom. The SMILES string of the molecule is COCCN1CC(C(=O)Nc2sc3c(c2C#N)CCCC3)CC1=O. The van der Waals surface area contributed by atoms with Gasteiger partial charge in [-0.15, -0.1) is 11.3 Å². The lowest BCUT2D eigenvalue weighted by Crippen LogP contribution is -2.30. The van der Waals surface area contributed by atoms with Crippen LogP contribution >= 0.6 is 11.3 Å². The zero-order valence-electron chi connectivity index (χ0n) is 13.8. The van der Waals surface area contributed by atoms with Crippen LogP contribution in [-0.4, -0.2) is 43.5 Å². The molecular weight excluding hydrogens is 326 g/mol. The first kappa shape index (κ1) is 16.9. The second-order valence-corrected chi connectivity index (χ2v) is 7.35. The molecule has 0 saturated carbocycles. The summed E-state index contributed by atoms with van der Waals surface area (Å²) in [5, 5.41) is 13.0. The molecule has 1 atom stereocenters. The number of fused-ring (bicyclic) bond motifs is 1. The molecule has 0 spiro atoms. The van der Waals surface area contributed by atoms with Gasteiger partial charge in [-0.25, -0.2) is 0 Å². The van der Waals surface area contributed by atoms with Gasteiger partial charge < -0.3 is 15.0 Å². The van der Waals surface area contributed by atoms with Crippen LogP contribution in [-0.2, 0) is 27.2 Å². The average molecular weight is 347 g/mol. The second-order valence-electron chi connectivity index (χ2n) is 6.25. The van der Waals surface area contributed by atoms with Crippen LogP contribution in [0.1, 0.15) is 35.3 Å². The molecule has 1 aromatic heterocycles. The smallest absolute Gasteiger partial charge is 0.230 e. The molecule has 7 heteroatoms. The van der Waals surface area contributed by atoms with Gasteiger partial charge in [-0.2, -0.15) is 5.26 Å². The summed E-state index contributed by atoms with van der Waals surface area (Å²) in [6, 6.07) is 2.25. The number of hydrogen-bond acceptors (Lipinski definition) is 5. The van der Waals surface area contributed by atoms with Crippen LogP contribution in [0.4, 0.5) is 5.00 Å². The van der Waals surface area contributed by atoms with Crippen molar-refractivity contribution < 1.29 is 14.3 Å². The van der Waals surface area contributed by atoms with E-state index in [1.54, 1.807) is 12.0 Å². The van der Waals surface area contributed by atoms with E-state index in [2.05, 4.69) is 11.4 Å². The molecule has 128 valence electrons. The van der Waals surface area contributed by atoms with Gasteiger partial charge in [-0.05, 0) is 31.2 Å². The van der Waals surface area contributed by atoms with Gasteiger partial charge >= 0.3 is 0 Å². The fraction of sp³-hybridized carbons (Fsp3) is 0.588. The van der Waals surface area contributed by atoms with E-state index in [-0.39, 0.29) is 24.2 Å². The van der Waals surface area contributed by atoms with Crippen LogP contribution in [0, 0.1) is 17.2 Å². The fourth-order valence-corrected chi connectivity index (χ4v) is 4.59. The molecule has 1 unspecified atom stereocenters. The highest BCUT2D eigenvalue weighted by Gasteiger charge is 2.34.